The van der Waals surface area contributed by atoms with Crippen molar-refractivity contribution in [2.45, 2.75) is 121 Å². The molecule has 0 amide bonds. The summed E-state index contributed by atoms with van der Waals surface area (Å²) in [6, 6.07) is 0. The van der Waals surface area contributed by atoms with Crippen molar-refractivity contribution < 1.29 is 23.9 Å². The van der Waals surface area contributed by atoms with Crippen LogP contribution < -0.4 is 0 Å². The Morgan fingerprint density at radius 2 is 1.06 bits per heavy atom. The van der Waals surface area contributed by atoms with Gasteiger partial charge in [-0.2, -0.15) is 0 Å². The van der Waals surface area contributed by atoms with Crippen LogP contribution >= 0.6 is 7.60 Å². The van der Waals surface area contributed by atoms with Gasteiger partial charge in [0.25, 0.3) is 0 Å². The summed E-state index contributed by atoms with van der Waals surface area (Å²) in [6.07, 6.45) is 28.3. The van der Waals surface area contributed by atoms with Gasteiger partial charge in [0.05, 0.1) is 21.1 Å². The van der Waals surface area contributed by atoms with E-state index in [4.69, 9.17) is 0 Å². The Bertz CT molecular complexity index is 565. The number of allylic oxidation sites excluding steroid dienone is 4. The number of aliphatic hydroxyl groups is 1. The lowest BCUT2D eigenvalue weighted by atomic mass is 10.0. The van der Waals surface area contributed by atoms with Crippen LogP contribution in [0.3, 0.4) is 0 Å². The van der Waals surface area contributed by atoms with E-state index in [0.29, 0.717) is 10.9 Å². The third kappa shape index (κ3) is 19.5. The maximum atomic E-state index is 11.8. The molecule has 0 saturated heterocycles. The lowest BCUT2D eigenvalue weighted by Crippen LogP contribution is -2.49. The molecular formula is C27H55NO4P+. The molecule has 5 nitrogen and oxygen atoms in total. The minimum atomic E-state index is -4.55. The highest BCUT2D eigenvalue weighted by atomic mass is 31.2. The van der Waals surface area contributed by atoms with Gasteiger partial charge >= 0.3 is 7.60 Å². The summed E-state index contributed by atoms with van der Waals surface area (Å²) in [5.41, 5.74) is 0. The van der Waals surface area contributed by atoms with Crippen LogP contribution in [0.15, 0.2) is 24.3 Å². The Balaban J connectivity index is 3.63. The van der Waals surface area contributed by atoms with Crippen molar-refractivity contribution >= 4 is 7.60 Å². The molecule has 3 N–H and O–H groups in total. The van der Waals surface area contributed by atoms with Crippen LogP contribution in [0.4, 0.5) is 0 Å². The fraction of sp³-hybridized carbons (Fsp3) is 0.852. The third-order valence-corrected chi connectivity index (χ3v) is 7.47. The van der Waals surface area contributed by atoms with Crippen molar-refractivity contribution in [1.82, 2.24) is 0 Å². The van der Waals surface area contributed by atoms with Crippen LogP contribution in [0.1, 0.15) is 116 Å². The quantitative estimate of drug-likeness (QED) is 0.0645. The zero-order chi connectivity index (χ0) is 25.1. The summed E-state index contributed by atoms with van der Waals surface area (Å²) in [6.45, 7) is 2.31. The number of hydrogen-bond acceptors (Lipinski definition) is 2. The molecule has 196 valence electrons. The van der Waals surface area contributed by atoms with Crippen LogP contribution in [0.5, 0.6) is 0 Å². The molecule has 1 unspecified atom stereocenters. The van der Waals surface area contributed by atoms with Gasteiger partial charge in [-0.15, -0.1) is 0 Å². The maximum Gasteiger partial charge on any atom is 0.362 e. The van der Waals surface area contributed by atoms with Gasteiger partial charge < -0.3 is 19.4 Å². The van der Waals surface area contributed by atoms with Gasteiger partial charge in [-0.25, -0.2) is 0 Å². The van der Waals surface area contributed by atoms with Crippen molar-refractivity contribution in [2.24, 2.45) is 0 Å². The topological polar surface area (TPSA) is 77.8 Å². The summed E-state index contributed by atoms with van der Waals surface area (Å²) in [5.74, 6) is 0. The summed E-state index contributed by atoms with van der Waals surface area (Å²) < 4.78 is 12.1. The second kappa shape index (κ2) is 18.8. The minimum Gasteiger partial charge on any atom is -0.373 e. The molecule has 0 aliphatic carbocycles. The van der Waals surface area contributed by atoms with Crippen molar-refractivity contribution in [3.63, 3.8) is 0 Å². The van der Waals surface area contributed by atoms with Crippen LogP contribution in [0.25, 0.3) is 0 Å². The van der Waals surface area contributed by atoms with Crippen molar-refractivity contribution in [2.75, 3.05) is 27.7 Å². The Morgan fingerprint density at radius 1 is 0.667 bits per heavy atom. The molecule has 0 fully saturated rings. The number of unbranched alkanes of at least 4 members (excludes halogenated alkanes) is 13. The van der Waals surface area contributed by atoms with Crippen LogP contribution in [0, 0.1) is 0 Å². The average molecular weight is 489 g/mol. The predicted molar refractivity (Wildman–Crippen MR) is 142 cm³/mol. The van der Waals surface area contributed by atoms with E-state index in [0.717, 1.165) is 25.7 Å². The first kappa shape index (κ1) is 32.5. The van der Waals surface area contributed by atoms with Gasteiger partial charge in [-0.3, -0.25) is 4.57 Å². The highest BCUT2D eigenvalue weighted by Gasteiger charge is 2.48. The Morgan fingerprint density at radius 3 is 1.48 bits per heavy atom. The number of rotatable bonds is 22. The van der Waals surface area contributed by atoms with E-state index in [-0.39, 0.29) is 13.0 Å². The average Bonchev–Trinajstić information content (AvgIpc) is 2.70. The van der Waals surface area contributed by atoms with Crippen molar-refractivity contribution in [3.05, 3.63) is 24.3 Å². The van der Waals surface area contributed by atoms with E-state index >= 15 is 0 Å². The van der Waals surface area contributed by atoms with Gasteiger partial charge in [0.1, 0.15) is 6.54 Å². The summed E-state index contributed by atoms with van der Waals surface area (Å²) in [4.78, 5) is 19.2. The molecule has 0 saturated carbocycles. The molecule has 0 bridgehead atoms. The first-order valence-corrected chi connectivity index (χ1v) is 15.0. The normalized spacial score (nSPS) is 15.0. The zero-order valence-corrected chi connectivity index (χ0v) is 23.1. The number of nitrogens with zero attached hydrogens (tertiary/aromatic N) is 1. The molecule has 0 aromatic rings. The summed E-state index contributed by atoms with van der Waals surface area (Å²) >= 11 is 0. The molecular weight excluding hydrogens is 433 g/mol. The highest BCUT2D eigenvalue weighted by molar-refractivity contribution is 7.53. The van der Waals surface area contributed by atoms with Gasteiger partial charge in [-0.1, -0.05) is 82.6 Å². The van der Waals surface area contributed by atoms with Crippen LogP contribution in [0.2, 0.25) is 0 Å². The highest BCUT2D eigenvalue weighted by Crippen LogP contribution is 2.52. The fourth-order valence-electron chi connectivity index (χ4n) is 4.14. The molecule has 0 heterocycles. The molecule has 33 heavy (non-hydrogen) atoms. The van der Waals surface area contributed by atoms with E-state index in [1.54, 1.807) is 0 Å². The molecule has 0 aromatic heterocycles. The molecule has 0 aromatic carbocycles. The van der Waals surface area contributed by atoms with Gasteiger partial charge in [0.2, 0.25) is 5.34 Å². The Kier molecular flexibility index (Phi) is 18.6. The SMILES string of the molecule is CCCCCC/C=C\CCC/C=C\CCCCCCCCCC(O)(C[N+](C)(C)C)P(=O)(O)O. The second-order valence-corrected chi connectivity index (χ2v) is 12.6. The molecule has 0 aliphatic rings. The van der Waals surface area contributed by atoms with Gasteiger partial charge in [0, 0.05) is 0 Å². The van der Waals surface area contributed by atoms with Gasteiger partial charge in [-0.05, 0) is 57.8 Å². The lowest BCUT2D eigenvalue weighted by molar-refractivity contribution is -0.875. The van der Waals surface area contributed by atoms with E-state index in [1.165, 1.54) is 70.6 Å². The molecule has 0 rings (SSSR count). The summed E-state index contributed by atoms with van der Waals surface area (Å²) in [7, 11) is 0.964. The molecule has 6 heteroatoms. The Hall–Kier alpha value is -0.450. The standard InChI is InChI=1S/C27H54NO4P/c1-5-6-7-8-9-10-11-12-13-14-15-16-17-18-19-20-21-22-23-24-25-27(29,33(30,31)32)26-28(2,3)4/h10-11,15-16,29H,5-9,12-14,17-26H2,1-4H3,(H-,30,31,32)/p+1/b11-10-,16-15-. The van der Waals surface area contributed by atoms with E-state index in [9.17, 15) is 19.5 Å². The first-order chi connectivity index (χ1) is 15.5. The lowest BCUT2D eigenvalue weighted by Gasteiger charge is -2.35. The number of quaternary nitrogens is 1. The summed E-state index contributed by atoms with van der Waals surface area (Å²) in [5, 5.41) is 8.63. The third-order valence-electron chi connectivity index (χ3n) is 6.02. The van der Waals surface area contributed by atoms with E-state index < -0.39 is 12.9 Å². The first-order valence-electron chi connectivity index (χ1n) is 13.4. The smallest absolute Gasteiger partial charge is 0.362 e. The second-order valence-electron chi connectivity index (χ2n) is 10.7. The van der Waals surface area contributed by atoms with Crippen LogP contribution in [-0.4, -0.2) is 52.4 Å². The number of hydrogen-bond donors (Lipinski definition) is 3. The largest absolute Gasteiger partial charge is 0.373 e. The maximum absolute atomic E-state index is 11.8. The van der Waals surface area contributed by atoms with Gasteiger partial charge in [0.15, 0.2) is 0 Å². The molecule has 0 radical (unpaired) electrons. The zero-order valence-electron chi connectivity index (χ0n) is 22.2. The van der Waals surface area contributed by atoms with E-state index in [1.807, 2.05) is 21.1 Å². The van der Waals surface area contributed by atoms with Crippen LogP contribution in [-0.2, 0) is 4.57 Å². The predicted octanol–water partition coefficient (Wildman–Crippen LogP) is 7.32. The minimum absolute atomic E-state index is 0.0562. The molecule has 0 spiro atoms. The Labute approximate surface area is 205 Å². The number of likely N-dealkylation sites (N-methyl/N-ethyl adjacent to an activating group) is 1. The van der Waals surface area contributed by atoms with E-state index in [2.05, 4.69) is 31.2 Å². The molecule has 0 aliphatic heterocycles. The monoisotopic (exact) mass is 488 g/mol. The van der Waals surface area contributed by atoms with Crippen molar-refractivity contribution in [3.8, 4) is 0 Å². The fourth-order valence-corrected chi connectivity index (χ4v) is 5.20. The van der Waals surface area contributed by atoms with Crippen molar-refractivity contribution in [1.29, 1.82) is 0 Å². The molecule has 1 atom stereocenters.